The highest BCUT2D eigenvalue weighted by Gasteiger charge is 2.12. The van der Waals surface area contributed by atoms with Crippen LogP contribution in [0.15, 0.2) is 36.7 Å². The number of aromatic amines is 1. The van der Waals surface area contributed by atoms with Gasteiger partial charge in [-0.2, -0.15) is 0 Å². The Labute approximate surface area is 119 Å². The van der Waals surface area contributed by atoms with Crippen molar-refractivity contribution in [1.82, 2.24) is 15.0 Å². The van der Waals surface area contributed by atoms with E-state index in [1.807, 2.05) is 18.2 Å². The fourth-order valence-electron chi connectivity index (χ4n) is 1.88. The van der Waals surface area contributed by atoms with Crippen molar-refractivity contribution in [2.24, 2.45) is 5.73 Å². The minimum absolute atomic E-state index is 0.200. The molecule has 4 N–H and O–H groups in total. The summed E-state index contributed by atoms with van der Waals surface area (Å²) in [6.07, 6.45) is 1.39. The molecule has 3 aromatic rings. The Balaban J connectivity index is 2.01. The Morgan fingerprint density at radius 3 is 2.95 bits per heavy atom. The molecule has 3 rings (SSSR count). The second-order valence-corrected chi connectivity index (χ2v) is 4.53. The molecule has 6 nitrogen and oxygen atoms in total. The number of benzene rings is 1. The normalized spacial score (nSPS) is 10.7. The van der Waals surface area contributed by atoms with Gasteiger partial charge in [-0.25, -0.2) is 9.97 Å². The zero-order valence-electron chi connectivity index (χ0n) is 10.2. The van der Waals surface area contributed by atoms with E-state index >= 15 is 0 Å². The van der Waals surface area contributed by atoms with Crippen LogP contribution >= 0.6 is 11.6 Å². The van der Waals surface area contributed by atoms with E-state index in [1.165, 1.54) is 6.33 Å². The van der Waals surface area contributed by atoms with E-state index in [0.717, 1.165) is 5.39 Å². The average molecular weight is 288 g/mol. The van der Waals surface area contributed by atoms with Crippen LogP contribution in [0.4, 0.5) is 11.6 Å². The lowest BCUT2D eigenvalue weighted by molar-refractivity contribution is 0.0997. The fraction of sp³-hybridized carbons (Fsp3) is 0. The first kappa shape index (κ1) is 12.4. The molecule has 2 heterocycles. The van der Waals surface area contributed by atoms with E-state index in [0.29, 0.717) is 22.2 Å². The van der Waals surface area contributed by atoms with Gasteiger partial charge in [0.1, 0.15) is 11.5 Å². The molecule has 0 saturated carbocycles. The third-order valence-electron chi connectivity index (χ3n) is 2.80. The van der Waals surface area contributed by atoms with Crippen molar-refractivity contribution in [1.29, 1.82) is 0 Å². The van der Waals surface area contributed by atoms with Gasteiger partial charge in [-0.05, 0) is 18.2 Å². The van der Waals surface area contributed by atoms with Gasteiger partial charge >= 0.3 is 0 Å². The highest BCUT2D eigenvalue weighted by molar-refractivity contribution is 6.35. The van der Waals surface area contributed by atoms with Gasteiger partial charge in [0.15, 0.2) is 5.82 Å². The van der Waals surface area contributed by atoms with Crippen molar-refractivity contribution in [3.63, 3.8) is 0 Å². The number of anilines is 2. The number of nitrogens with two attached hydrogens (primary N) is 1. The van der Waals surface area contributed by atoms with Gasteiger partial charge < -0.3 is 16.0 Å². The minimum Gasteiger partial charge on any atom is -0.364 e. The van der Waals surface area contributed by atoms with E-state index in [2.05, 4.69) is 20.3 Å². The number of aromatic nitrogens is 3. The Morgan fingerprint density at radius 1 is 1.30 bits per heavy atom. The first-order chi connectivity index (χ1) is 9.65. The Kier molecular flexibility index (Phi) is 3.00. The molecule has 2 aromatic heterocycles. The van der Waals surface area contributed by atoms with Crippen LogP contribution in [0.25, 0.3) is 10.9 Å². The highest BCUT2D eigenvalue weighted by atomic mass is 35.5. The van der Waals surface area contributed by atoms with Gasteiger partial charge in [0.25, 0.3) is 5.91 Å². The van der Waals surface area contributed by atoms with Crippen LogP contribution in [0, 0.1) is 0 Å². The van der Waals surface area contributed by atoms with Gasteiger partial charge in [-0.15, -0.1) is 0 Å². The number of imidazole rings is 1. The van der Waals surface area contributed by atoms with Crippen molar-refractivity contribution >= 4 is 40.0 Å². The molecule has 0 aliphatic rings. The van der Waals surface area contributed by atoms with Gasteiger partial charge in [0.05, 0.1) is 16.9 Å². The number of pyridine rings is 1. The minimum atomic E-state index is -0.594. The maximum atomic E-state index is 11.2. The lowest BCUT2D eigenvalue weighted by Crippen LogP contribution is -2.13. The zero-order chi connectivity index (χ0) is 14.1. The second kappa shape index (κ2) is 4.82. The number of para-hydroxylation sites is 1. The number of amides is 1. The van der Waals surface area contributed by atoms with Crippen LogP contribution in [0.1, 0.15) is 10.5 Å². The van der Waals surface area contributed by atoms with Gasteiger partial charge in [0.2, 0.25) is 0 Å². The standard InChI is InChI=1S/C13H10ClN5O/c14-8-3-1-2-7-4-5-9(18-10(7)8)19-13-11(12(15)20)16-6-17-13/h1-6H,(H2,15,20)(H,16,17)(H,18,19). The molecule has 0 fully saturated rings. The molecule has 0 bridgehead atoms. The molecular formula is C13H10ClN5O. The predicted octanol–water partition coefficient (Wildman–Crippen LogP) is 2.45. The van der Waals surface area contributed by atoms with Crippen LogP contribution < -0.4 is 11.1 Å². The predicted molar refractivity (Wildman–Crippen MR) is 77.1 cm³/mol. The van der Waals surface area contributed by atoms with Crippen molar-refractivity contribution in [3.05, 3.63) is 47.4 Å². The number of H-pyrrole nitrogens is 1. The van der Waals surface area contributed by atoms with E-state index in [9.17, 15) is 4.79 Å². The summed E-state index contributed by atoms with van der Waals surface area (Å²) in [5.74, 6) is 0.264. The summed E-state index contributed by atoms with van der Waals surface area (Å²) >= 11 is 6.11. The Bertz CT molecular complexity index is 798. The molecule has 0 aliphatic carbocycles. The highest BCUT2D eigenvalue weighted by Crippen LogP contribution is 2.24. The molecule has 100 valence electrons. The van der Waals surface area contributed by atoms with Gasteiger partial charge in [-0.1, -0.05) is 23.7 Å². The number of carbonyl (C=O) groups excluding carboxylic acids is 1. The van der Waals surface area contributed by atoms with Crippen molar-refractivity contribution in [2.45, 2.75) is 0 Å². The molecule has 1 aromatic carbocycles. The summed E-state index contributed by atoms with van der Waals surface area (Å²) in [7, 11) is 0. The largest absolute Gasteiger partial charge is 0.364 e. The number of halogens is 1. The number of hydrogen-bond donors (Lipinski definition) is 3. The van der Waals surface area contributed by atoms with Crippen LogP contribution in [0.5, 0.6) is 0 Å². The van der Waals surface area contributed by atoms with Crippen molar-refractivity contribution in [2.75, 3.05) is 5.32 Å². The average Bonchev–Trinajstić information content (AvgIpc) is 2.88. The molecule has 0 saturated heterocycles. The summed E-state index contributed by atoms with van der Waals surface area (Å²) in [5.41, 5.74) is 6.11. The molecular weight excluding hydrogens is 278 g/mol. The topological polar surface area (TPSA) is 96.7 Å². The maximum Gasteiger partial charge on any atom is 0.269 e. The first-order valence-electron chi connectivity index (χ1n) is 5.80. The van der Waals surface area contributed by atoms with E-state index in [4.69, 9.17) is 17.3 Å². The third-order valence-corrected chi connectivity index (χ3v) is 3.11. The second-order valence-electron chi connectivity index (χ2n) is 4.12. The number of rotatable bonds is 3. The van der Waals surface area contributed by atoms with Crippen LogP contribution in [-0.4, -0.2) is 20.9 Å². The summed E-state index contributed by atoms with van der Waals surface area (Å²) in [4.78, 5) is 22.3. The Morgan fingerprint density at radius 2 is 2.15 bits per heavy atom. The lowest BCUT2D eigenvalue weighted by atomic mass is 10.2. The van der Waals surface area contributed by atoms with E-state index < -0.39 is 5.91 Å². The first-order valence-corrected chi connectivity index (χ1v) is 6.18. The molecule has 0 radical (unpaired) electrons. The lowest BCUT2D eigenvalue weighted by Gasteiger charge is -2.06. The summed E-state index contributed by atoms with van der Waals surface area (Å²) in [6.45, 7) is 0. The molecule has 0 aliphatic heterocycles. The number of primary amides is 1. The molecule has 0 unspecified atom stereocenters. The Hall–Kier alpha value is -2.60. The van der Waals surface area contributed by atoms with E-state index in [-0.39, 0.29) is 5.69 Å². The van der Waals surface area contributed by atoms with Crippen LogP contribution in [0.3, 0.4) is 0 Å². The third kappa shape index (κ3) is 2.17. The monoisotopic (exact) mass is 287 g/mol. The number of hydrogen-bond acceptors (Lipinski definition) is 4. The number of nitrogens with one attached hydrogen (secondary N) is 2. The number of nitrogens with zero attached hydrogens (tertiary/aromatic N) is 2. The van der Waals surface area contributed by atoms with Gasteiger partial charge in [0, 0.05) is 5.39 Å². The van der Waals surface area contributed by atoms with Crippen molar-refractivity contribution < 1.29 is 4.79 Å². The van der Waals surface area contributed by atoms with Gasteiger partial charge in [-0.3, -0.25) is 4.79 Å². The zero-order valence-corrected chi connectivity index (χ0v) is 11.0. The molecule has 0 spiro atoms. The molecule has 0 atom stereocenters. The van der Waals surface area contributed by atoms with Crippen LogP contribution in [0.2, 0.25) is 5.02 Å². The van der Waals surface area contributed by atoms with Crippen LogP contribution in [-0.2, 0) is 0 Å². The van der Waals surface area contributed by atoms with E-state index in [1.54, 1.807) is 12.1 Å². The SMILES string of the molecule is NC(=O)c1[nH]cnc1Nc1ccc2cccc(Cl)c2n1. The molecule has 7 heteroatoms. The number of fused-ring (bicyclic) bond motifs is 1. The summed E-state index contributed by atoms with van der Waals surface area (Å²) < 4.78 is 0. The summed E-state index contributed by atoms with van der Waals surface area (Å²) in [6, 6.07) is 9.20. The quantitative estimate of drug-likeness (QED) is 0.689. The number of carbonyl (C=O) groups is 1. The smallest absolute Gasteiger partial charge is 0.269 e. The summed E-state index contributed by atoms with van der Waals surface area (Å²) in [5, 5.41) is 4.43. The molecule has 1 amide bonds. The van der Waals surface area contributed by atoms with Crippen molar-refractivity contribution in [3.8, 4) is 0 Å². The molecule has 20 heavy (non-hydrogen) atoms. The maximum absolute atomic E-state index is 11.2. The fourth-order valence-corrected chi connectivity index (χ4v) is 2.10.